The molecule has 0 saturated carbocycles. The Hall–Kier alpha value is -1.56. The summed E-state index contributed by atoms with van der Waals surface area (Å²) >= 11 is 1.47. The number of thiophene rings is 1. The maximum Gasteiger partial charge on any atom is 0.129 e. The van der Waals surface area contributed by atoms with Gasteiger partial charge in [0.2, 0.25) is 0 Å². The molecule has 2 unspecified atom stereocenters. The molecular weight excluding hydrogens is 274 g/mol. The number of hydrogen-bond donors (Lipinski definition) is 2. The highest BCUT2D eigenvalue weighted by molar-refractivity contribution is 7.10. The van der Waals surface area contributed by atoms with Crippen molar-refractivity contribution in [2.75, 3.05) is 20.8 Å². The summed E-state index contributed by atoms with van der Waals surface area (Å²) in [6.07, 6.45) is -0.652. The van der Waals surface area contributed by atoms with Gasteiger partial charge in [0.25, 0.3) is 0 Å². The topological polar surface area (TPSA) is 64.7 Å². The number of nitrogens with two attached hydrogens (primary N) is 1. The van der Waals surface area contributed by atoms with E-state index in [1.807, 2.05) is 35.7 Å². The van der Waals surface area contributed by atoms with E-state index in [0.29, 0.717) is 6.54 Å². The Kier molecular flexibility index (Phi) is 5.00. The molecule has 0 spiro atoms. The number of ether oxygens (including phenoxy) is 2. The predicted molar refractivity (Wildman–Crippen MR) is 80.6 cm³/mol. The summed E-state index contributed by atoms with van der Waals surface area (Å²) in [5, 5.41) is 12.4. The summed E-state index contributed by atoms with van der Waals surface area (Å²) in [4.78, 5) is 0.847. The van der Waals surface area contributed by atoms with E-state index in [0.717, 1.165) is 21.9 Å². The Morgan fingerprint density at radius 2 is 1.95 bits per heavy atom. The molecule has 20 heavy (non-hydrogen) atoms. The van der Waals surface area contributed by atoms with Crippen LogP contribution in [0.4, 0.5) is 0 Å². The lowest BCUT2D eigenvalue weighted by molar-refractivity contribution is 0.151. The summed E-state index contributed by atoms with van der Waals surface area (Å²) in [5.41, 5.74) is 6.81. The summed E-state index contributed by atoms with van der Waals surface area (Å²) in [6.45, 7) is 0.356. The molecule has 3 N–H and O–H groups in total. The van der Waals surface area contributed by atoms with Gasteiger partial charge in [0.1, 0.15) is 11.5 Å². The Balaban J connectivity index is 2.26. The second-order valence-corrected chi connectivity index (χ2v) is 5.40. The number of aliphatic hydroxyl groups excluding tert-OH is 1. The van der Waals surface area contributed by atoms with Gasteiger partial charge in [-0.1, -0.05) is 12.1 Å². The third-order valence-electron chi connectivity index (χ3n) is 3.28. The molecule has 1 aromatic carbocycles. The first-order valence-corrected chi connectivity index (χ1v) is 7.22. The van der Waals surface area contributed by atoms with E-state index < -0.39 is 6.10 Å². The van der Waals surface area contributed by atoms with Gasteiger partial charge in [-0.15, -0.1) is 11.3 Å². The van der Waals surface area contributed by atoms with E-state index in [-0.39, 0.29) is 5.92 Å². The maximum atomic E-state index is 10.5. The van der Waals surface area contributed by atoms with Gasteiger partial charge in [0, 0.05) is 22.7 Å². The molecule has 2 rings (SSSR count). The van der Waals surface area contributed by atoms with Crippen molar-refractivity contribution in [3.05, 3.63) is 46.2 Å². The average Bonchev–Trinajstić information content (AvgIpc) is 2.97. The zero-order valence-electron chi connectivity index (χ0n) is 11.6. The smallest absolute Gasteiger partial charge is 0.129 e. The standard InChI is InChI=1S/C15H19NO3S/c1-18-11-5-3-4-10(6-11)13(8-16)15(17)14-7-12(19-2)9-20-14/h3-7,9,13,15,17H,8,16H2,1-2H3. The number of hydrogen-bond acceptors (Lipinski definition) is 5. The van der Waals surface area contributed by atoms with Crippen molar-refractivity contribution >= 4 is 11.3 Å². The molecule has 2 aromatic rings. The van der Waals surface area contributed by atoms with Crippen LogP contribution < -0.4 is 15.2 Å². The molecule has 0 saturated heterocycles. The Morgan fingerprint density at radius 3 is 2.55 bits per heavy atom. The maximum absolute atomic E-state index is 10.5. The summed E-state index contributed by atoms with van der Waals surface area (Å²) in [5.74, 6) is 1.34. The second-order valence-electron chi connectivity index (χ2n) is 4.45. The van der Waals surface area contributed by atoms with Crippen LogP contribution in [-0.2, 0) is 0 Å². The first-order valence-electron chi connectivity index (χ1n) is 6.34. The van der Waals surface area contributed by atoms with Crippen LogP contribution in [0.2, 0.25) is 0 Å². The Morgan fingerprint density at radius 1 is 1.20 bits per heavy atom. The van der Waals surface area contributed by atoms with Crippen molar-refractivity contribution in [1.29, 1.82) is 0 Å². The fourth-order valence-electron chi connectivity index (χ4n) is 2.11. The molecule has 0 radical (unpaired) electrons. The fourth-order valence-corrected chi connectivity index (χ4v) is 3.02. The molecular formula is C15H19NO3S. The van der Waals surface area contributed by atoms with Gasteiger partial charge in [-0.3, -0.25) is 0 Å². The van der Waals surface area contributed by atoms with Crippen LogP contribution in [0.5, 0.6) is 11.5 Å². The molecule has 0 amide bonds. The number of aliphatic hydroxyl groups is 1. The molecule has 0 aliphatic heterocycles. The highest BCUT2D eigenvalue weighted by Crippen LogP contribution is 2.36. The van der Waals surface area contributed by atoms with E-state index >= 15 is 0 Å². The minimum Gasteiger partial charge on any atom is -0.497 e. The quantitative estimate of drug-likeness (QED) is 0.859. The van der Waals surface area contributed by atoms with Crippen LogP contribution in [0.25, 0.3) is 0 Å². The minimum atomic E-state index is -0.652. The highest BCUT2D eigenvalue weighted by atomic mass is 32.1. The normalized spacial score (nSPS) is 13.8. The molecule has 0 aliphatic carbocycles. The van der Waals surface area contributed by atoms with Crippen molar-refractivity contribution in [3.8, 4) is 11.5 Å². The fraction of sp³-hybridized carbons (Fsp3) is 0.333. The van der Waals surface area contributed by atoms with Gasteiger partial charge in [-0.05, 0) is 23.8 Å². The van der Waals surface area contributed by atoms with E-state index in [1.165, 1.54) is 11.3 Å². The molecule has 1 heterocycles. The van der Waals surface area contributed by atoms with E-state index in [4.69, 9.17) is 15.2 Å². The first-order chi connectivity index (χ1) is 9.69. The van der Waals surface area contributed by atoms with Crippen LogP contribution in [0.1, 0.15) is 22.5 Å². The summed E-state index contributed by atoms with van der Waals surface area (Å²) < 4.78 is 10.4. The van der Waals surface area contributed by atoms with Crippen molar-refractivity contribution in [2.45, 2.75) is 12.0 Å². The van der Waals surface area contributed by atoms with Gasteiger partial charge >= 0.3 is 0 Å². The lowest BCUT2D eigenvalue weighted by Crippen LogP contribution is -2.19. The summed E-state index contributed by atoms with van der Waals surface area (Å²) in [7, 11) is 3.23. The lowest BCUT2D eigenvalue weighted by Gasteiger charge is -2.21. The second kappa shape index (κ2) is 6.74. The van der Waals surface area contributed by atoms with Crippen LogP contribution in [0.3, 0.4) is 0 Å². The highest BCUT2D eigenvalue weighted by Gasteiger charge is 2.23. The van der Waals surface area contributed by atoms with Crippen molar-refractivity contribution < 1.29 is 14.6 Å². The third-order valence-corrected chi connectivity index (χ3v) is 4.26. The van der Waals surface area contributed by atoms with Crippen LogP contribution in [0, 0.1) is 0 Å². The molecule has 108 valence electrons. The number of methoxy groups -OCH3 is 2. The summed E-state index contributed by atoms with van der Waals surface area (Å²) in [6, 6.07) is 9.48. The molecule has 0 bridgehead atoms. The van der Waals surface area contributed by atoms with Gasteiger partial charge in [-0.2, -0.15) is 0 Å². The number of rotatable bonds is 6. The van der Waals surface area contributed by atoms with Crippen molar-refractivity contribution in [1.82, 2.24) is 0 Å². The van der Waals surface area contributed by atoms with Gasteiger partial charge in [0.05, 0.1) is 20.3 Å². The zero-order valence-corrected chi connectivity index (χ0v) is 12.4. The largest absolute Gasteiger partial charge is 0.497 e. The zero-order chi connectivity index (χ0) is 14.5. The van der Waals surface area contributed by atoms with Crippen LogP contribution in [-0.4, -0.2) is 25.9 Å². The van der Waals surface area contributed by atoms with Crippen molar-refractivity contribution in [3.63, 3.8) is 0 Å². The third kappa shape index (κ3) is 3.12. The molecule has 0 aliphatic rings. The molecule has 5 heteroatoms. The monoisotopic (exact) mass is 293 g/mol. The lowest BCUT2D eigenvalue weighted by atomic mass is 9.92. The molecule has 0 fully saturated rings. The van der Waals surface area contributed by atoms with Gasteiger partial charge < -0.3 is 20.3 Å². The predicted octanol–water partition coefficient (Wildman–Crippen LogP) is 2.54. The molecule has 2 atom stereocenters. The van der Waals surface area contributed by atoms with Crippen LogP contribution >= 0.6 is 11.3 Å². The SMILES string of the molecule is COc1cccc(C(CN)C(O)c2cc(OC)cs2)c1. The van der Waals surface area contributed by atoms with E-state index in [2.05, 4.69) is 0 Å². The van der Waals surface area contributed by atoms with Gasteiger partial charge in [0.15, 0.2) is 0 Å². The molecule has 4 nitrogen and oxygen atoms in total. The average molecular weight is 293 g/mol. The number of benzene rings is 1. The van der Waals surface area contributed by atoms with Gasteiger partial charge in [-0.25, -0.2) is 0 Å². The van der Waals surface area contributed by atoms with E-state index in [9.17, 15) is 5.11 Å². The Labute approximate surface area is 122 Å². The first kappa shape index (κ1) is 14.8. The molecule has 1 aromatic heterocycles. The van der Waals surface area contributed by atoms with Crippen LogP contribution in [0.15, 0.2) is 35.7 Å². The Bertz CT molecular complexity index is 556. The minimum absolute atomic E-state index is 0.173. The van der Waals surface area contributed by atoms with Crippen molar-refractivity contribution in [2.24, 2.45) is 5.73 Å². The van der Waals surface area contributed by atoms with E-state index in [1.54, 1.807) is 14.2 Å².